The minimum atomic E-state index is -4.38. The van der Waals surface area contributed by atoms with Gasteiger partial charge in [0.15, 0.2) is 0 Å². The first-order valence-corrected chi connectivity index (χ1v) is 12.3. The van der Waals surface area contributed by atoms with Gasteiger partial charge >= 0.3 is 6.18 Å². The molecule has 2 heterocycles. The van der Waals surface area contributed by atoms with Gasteiger partial charge in [0.2, 0.25) is 5.62 Å². The lowest BCUT2D eigenvalue weighted by molar-refractivity contribution is -0.137. The Labute approximate surface area is 211 Å². The quantitative estimate of drug-likeness (QED) is 0.450. The monoisotopic (exact) mass is 512 g/mol. The normalized spacial score (nSPS) is 19.7. The standard InChI is InChI=1S/C26H27F3N6S/c1-34-24(36)21(22(30)35-20-10-6-5-9-19(20)33-25(34)35)23(32-18-7-3-2-4-8-18)31-15-16-11-13-17(14-12-16)26(27,28)29/h2-4,7-8,11-14,19-20,30-32H,5-6,9-10,15H2,1H3/b23-21-,30-22?. The van der Waals surface area contributed by atoms with Crippen molar-refractivity contribution < 1.29 is 13.2 Å². The molecule has 2 aromatic carbocycles. The molecule has 3 aromatic rings. The molecule has 1 aliphatic heterocycles. The van der Waals surface area contributed by atoms with E-state index in [0.29, 0.717) is 26.9 Å². The van der Waals surface area contributed by atoms with Gasteiger partial charge in [0, 0.05) is 19.3 Å². The van der Waals surface area contributed by atoms with Crippen LogP contribution in [-0.2, 0) is 19.8 Å². The van der Waals surface area contributed by atoms with Gasteiger partial charge in [0.25, 0.3) is 0 Å². The van der Waals surface area contributed by atoms with Crippen LogP contribution in [0.2, 0.25) is 0 Å². The van der Waals surface area contributed by atoms with E-state index in [1.165, 1.54) is 12.1 Å². The highest BCUT2D eigenvalue weighted by Crippen LogP contribution is 2.31. The summed E-state index contributed by atoms with van der Waals surface area (Å²) >= 11 is 5.81. The summed E-state index contributed by atoms with van der Waals surface area (Å²) in [7, 11) is 1.87. The van der Waals surface area contributed by atoms with Gasteiger partial charge in [0.05, 0.1) is 22.9 Å². The van der Waals surface area contributed by atoms with Gasteiger partial charge in [-0.2, -0.15) is 13.2 Å². The van der Waals surface area contributed by atoms with E-state index in [1.807, 2.05) is 46.5 Å². The highest BCUT2D eigenvalue weighted by Gasteiger charge is 2.33. The number of para-hydroxylation sites is 1. The second kappa shape index (κ2) is 9.57. The lowest BCUT2D eigenvalue weighted by Gasteiger charge is -2.25. The molecule has 5 rings (SSSR count). The molecule has 0 amide bonds. The van der Waals surface area contributed by atoms with E-state index in [2.05, 4.69) is 10.6 Å². The van der Waals surface area contributed by atoms with Crippen molar-refractivity contribution in [2.45, 2.75) is 50.5 Å². The summed E-state index contributed by atoms with van der Waals surface area (Å²) in [5.41, 5.74) is 1.78. The van der Waals surface area contributed by atoms with Crippen LogP contribution in [0.4, 0.5) is 18.9 Å². The maximum Gasteiger partial charge on any atom is 0.416 e. The molecule has 0 radical (unpaired) electrons. The summed E-state index contributed by atoms with van der Waals surface area (Å²) in [5.74, 6) is 0.529. The van der Waals surface area contributed by atoms with Crippen molar-refractivity contribution in [3.8, 4) is 0 Å². The molecule has 0 bridgehead atoms. The van der Waals surface area contributed by atoms with Crippen molar-refractivity contribution in [1.29, 1.82) is 5.41 Å². The predicted octanol–water partition coefficient (Wildman–Crippen LogP) is 4.14. The first-order chi connectivity index (χ1) is 17.2. The summed E-state index contributed by atoms with van der Waals surface area (Å²) in [6.45, 7) is 0.253. The maximum absolute atomic E-state index is 13.0. The third kappa shape index (κ3) is 4.57. The fourth-order valence-electron chi connectivity index (χ4n) is 4.98. The fraction of sp³-hybridized carbons (Fsp3) is 0.346. The predicted molar refractivity (Wildman–Crippen MR) is 134 cm³/mol. The van der Waals surface area contributed by atoms with Crippen molar-refractivity contribution in [2.24, 2.45) is 12.0 Å². The molecule has 2 unspecified atom stereocenters. The second-order valence-electron chi connectivity index (χ2n) is 9.22. The Morgan fingerprint density at radius 3 is 2.47 bits per heavy atom. The summed E-state index contributed by atoms with van der Waals surface area (Å²) in [6.07, 6.45) is -0.186. The molecule has 2 aliphatic rings. The lowest BCUT2D eigenvalue weighted by Crippen LogP contribution is -2.51. The number of benzene rings is 2. The van der Waals surface area contributed by atoms with Crippen LogP contribution < -0.4 is 27.0 Å². The van der Waals surface area contributed by atoms with Crippen LogP contribution in [0.15, 0.2) is 59.6 Å². The molecular formula is C26H27F3N6S. The van der Waals surface area contributed by atoms with Gasteiger partial charge in [-0.05, 0) is 42.7 Å². The maximum atomic E-state index is 13.0. The zero-order valence-electron chi connectivity index (χ0n) is 19.8. The molecule has 6 nitrogen and oxygen atoms in total. The van der Waals surface area contributed by atoms with Crippen molar-refractivity contribution in [2.75, 3.05) is 5.32 Å². The van der Waals surface area contributed by atoms with Crippen molar-refractivity contribution >= 4 is 23.7 Å². The second-order valence-corrected chi connectivity index (χ2v) is 9.61. The Morgan fingerprint density at radius 2 is 1.78 bits per heavy atom. The van der Waals surface area contributed by atoms with E-state index in [1.54, 1.807) is 0 Å². The molecule has 2 atom stereocenters. The van der Waals surface area contributed by atoms with E-state index in [4.69, 9.17) is 22.6 Å². The Kier molecular flexibility index (Phi) is 6.46. The number of hydrogen-bond acceptors (Lipinski definition) is 5. The zero-order chi connectivity index (χ0) is 25.4. The van der Waals surface area contributed by atoms with Crippen LogP contribution in [-0.4, -0.2) is 15.2 Å². The lowest BCUT2D eigenvalue weighted by atomic mass is 9.91. The summed E-state index contributed by atoms with van der Waals surface area (Å²) < 4.78 is 43.2. The number of halogens is 3. The first-order valence-electron chi connectivity index (χ1n) is 11.9. The number of rotatable bonds is 5. The number of hydrogen-bond donors (Lipinski definition) is 3. The van der Waals surface area contributed by atoms with Gasteiger partial charge in [0.1, 0.15) is 15.9 Å². The van der Waals surface area contributed by atoms with Crippen LogP contribution in [0.25, 0.3) is 5.82 Å². The fourth-order valence-corrected chi connectivity index (χ4v) is 5.27. The molecule has 0 spiro atoms. The van der Waals surface area contributed by atoms with Crippen LogP contribution in [0.3, 0.4) is 0 Å². The molecule has 36 heavy (non-hydrogen) atoms. The minimum Gasteiger partial charge on any atom is -0.367 e. The van der Waals surface area contributed by atoms with Crippen LogP contribution in [0.5, 0.6) is 0 Å². The average molecular weight is 513 g/mol. The Balaban J connectivity index is 1.61. The van der Waals surface area contributed by atoms with Gasteiger partial charge in [-0.3, -0.25) is 9.98 Å². The van der Waals surface area contributed by atoms with Gasteiger partial charge in [-0.15, -0.1) is 0 Å². The molecule has 1 aliphatic carbocycles. The van der Waals surface area contributed by atoms with Gasteiger partial charge < -0.3 is 15.2 Å². The summed E-state index contributed by atoms with van der Waals surface area (Å²) in [5, 5.41) is 16.4. The highest BCUT2D eigenvalue weighted by molar-refractivity contribution is 7.71. The summed E-state index contributed by atoms with van der Waals surface area (Å²) in [4.78, 5) is 4.90. The number of anilines is 1. The third-order valence-electron chi connectivity index (χ3n) is 6.86. The van der Waals surface area contributed by atoms with Gasteiger partial charge in [-0.25, -0.2) is 4.99 Å². The topological polar surface area (TPSA) is 70.1 Å². The van der Waals surface area contributed by atoms with Crippen LogP contribution in [0.1, 0.15) is 42.9 Å². The number of alkyl halides is 3. The minimum absolute atomic E-state index is 0.134. The van der Waals surface area contributed by atoms with E-state index >= 15 is 0 Å². The Morgan fingerprint density at radius 1 is 1.08 bits per heavy atom. The Bertz CT molecular complexity index is 1510. The molecule has 0 saturated heterocycles. The zero-order valence-corrected chi connectivity index (χ0v) is 20.6. The molecule has 3 N–H and O–H groups in total. The van der Waals surface area contributed by atoms with Crippen molar-refractivity contribution in [3.05, 3.63) is 86.7 Å². The number of fused-ring (bicyclic) bond motifs is 3. The highest BCUT2D eigenvalue weighted by atomic mass is 32.1. The molecule has 188 valence electrons. The number of aromatic nitrogens is 2. The van der Waals surface area contributed by atoms with E-state index in [9.17, 15) is 13.2 Å². The Hall–Kier alpha value is -3.40. The summed E-state index contributed by atoms with van der Waals surface area (Å²) in [6, 6.07) is 14.9. The molecule has 1 aromatic heterocycles. The third-order valence-corrected chi connectivity index (χ3v) is 7.34. The number of nitrogens with zero attached hydrogens (tertiary/aromatic N) is 3. The molecule has 1 saturated carbocycles. The van der Waals surface area contributed by atoms with Crippen molar-refractivity contribution in [3.63, 3.8) is 0 Å². The van der Waals surface area contributed by atoms with E-state index in [-0.39, 0.29) is 24.1 Å². The molecule has 10 heteroatoms. The first kappa shape index (κ1) is 24.3. The molecule has 1 fully saturated rings. The largest absolute Gasteiger partial charge is 0.416 e. The smallest absolute Gasteiger partial charge is 0.367 e. The van der Waals surface area contributed by atoms with E-state index in [0.717, 1.165) is 43.5 Å². The average Bonchev–Trinajstić information content (AvgIpc) is 3.26. The SMILES string of the molecule is Cn1c(=S)/c(=C(/NCc2ccc(C(F)(F)F)cc2)Nc2ccccc2)c(=N)n2c1=NC1CCCCC12. The van der Waals surface area contributed by atoms with Crippen LogP contribution in [0, 0.1) is 10.0 Å². The van der Waals surface area contributed by atoms with Gasteiger partial charge in [-0.1, -0.05) is 55.4 Å². The number of nitrogens with one attached hydrogen (secondary N) is 3. The van der Waals surface area contributed by atoms with E-state index < -0.39 is 11.7 Å². The van der Waals surface area contributed by atoms with Crippen LogP contribution >= 0.6 is 12.2 Å². The molecular weight excluding hydrogens is 485 g/mol. The van der Waals surface area contributed by atoms with Crippen molar-refractivity contribution in [1.82, 2.24) is 14.5 Å².